The molecular weight excluding hydrogens is 302 g/mol. The number of aryl methyl sites for hydroxylation is 2. The highest BCUT2D eigenvalue weighted by Crippen LogP contribution is 2.14. The van der Waals surface area contributed by atoms with Crippen LogP contribution >= 0.6 is 0 Å². The first kappa shape index (κ1) is 16.1. The average Bonchev–Trinajstić information content (AvgIpc) is 3.11. The molecule has 0 aliphatic rings. The Morgan fingerprint density at radius 2 is 1.92 bits per heavy atom. The van der Waals surface area contributed by atoms with Gasteiger partial charge in [-0.2, -0.15) is 0 Å². The van der Waals surface area contributed by atoms with E-state index in [-0.39, 0.29) is 5.43 Å². The largest absolute Gasteiger partial charge is 0.483 e. The SMILES string of the molecule is Cc1c(OCc2ccccc2)c(=O)ccn1CCCn1ccnc1. The molecule has 0 radical (unpaired) electrons. The van der Waals surface area contributed by atoms with Gasteiger partial charge in [0.15, 0.2) is 5.75 Å². The fourth-order valence-electron chi connectivity index (χ4n) is 2.64. The number of nitrogens with zero attached hydrogens (tertiary/aromatic N) is 3. The number of aromatic nitrogens is 3. The minimum Gasteiger partial charge on any atom is -0.483 e. The van der Waals surface area contributed by atoms with Gasteiger partial charge in [0.1, 0.15) is 6.61 Å². The van der Waals surface area contributed by atoms with Gasteiger partial charge in [-0.15, -0.1) is 0 Å². The minimum atomic E-state index is -0.0747. The second kappa shape index (κ2) is 7.64. The molecule has 0 amide bonds. The Hall–Kier alpha value is -2.82. The highest BCUT2D eigenvalue weighted by Gasteiger charge is 2.09. The molecule has 3 aromatic rings. The maximum atomic E-state index is 12.1. The third-order valence-electron chi connectivity index (χ3n) is 3.99. The van der Waals surface area contributed by atoms with Gasteiger partial charge in [0.05, 0.1) is 12.0 Å². The number of ether oxygens (including phenoxy) is 1. The maximum Gasteiger partial charge on any atom is 0.223 e. The van der Waals surface area contributed by atoms with Crippen LogP contribution in [0.15, 0.2) is 66.1 Å². The van der Waals surface area contributed by atoms with E-state index in [2.05, 4.69) is 9.55 Å². The molecular formula is C19H21N3O2. The minimum absolute atomic E-state index is 0.0747. The molecule has 0 unspecified atom stereocenters. The highest BCUT2D eigenvalue weighted by molar-refractivity contribution is 5.28. The van der Waals surface area contributed by atoms with Crippen LogP contribution in [-0.4, -0.2) is 14.1 Å². The molecule has 0 aliphatic heterocycles. The second-order valence-corrected chi connectivity index (χ2v) is 5.72. The van der Waals surface area contributed by atoms with Gasteiger partial charge in [0.2, 0.25) is 5.43 Å². The van der Waals surface area contributed by atoms with Crippen LogP contribution in [0.2, 0.25) is 0 Å². The van der Waals surface area contributed by atoms with Crippen LogP contribution in [0.25, 0.3) is 0 Å². The van der Waals surface area contributed by atoms with Gasteiger partial charge < -0.3 is 13.9 Å². The molecule has 0 saturated carbocycles. The monoisotopic (exact) mass is 323 g/mol. The lowest BCUT2D eigenvalue weighted by Crippen LogP contribution is -2.15. The van der Waals surface area contributed by atoms with E-state index in [0.717, 1.165) is 30.8 Å². The van der Waals surface area contributed by atoms with Gasteiger partial charge in [-0.05, 0) is 18.9 Å². The number of benzene rings is 1. The van der Waals surface area contributed by atoms with Crippen molar-refractivity contribution in [3.8, 4) is 5.75 Å². The first-order valence-corrected chi connectivity index (χ1v) is 8.06. The standard InChI is InChI=1S/C19H21N3O2/c1-16-19(24-14-17-6-3-2-4-7-17)18(23)8-12-22(16)11-5-10-21-13-9-20-15-21/h2-4,6-9,12-13,15H,5,10-11,14H2,1H3. The van der Waals surface area contributed by atoms with Gasteiger partial charge in [-0.3, -0.25) is 4.79 Å². The van der Waals surface area contributed by atoms with Crippen molar-refractivity contribution < 1.29 is 4.74 Å². The van der Waals surface area contributed by atoms with Crippen molar-refractivity contribution in [3.05, 3.63) is 82.8 Å². The fraction of sp³-hybridized carbons (Fsp3) is 0.263. The summed E-state index contributed by atoms with van der Waals surface area (Å²) in [6.07, 6.45) is 8.33. The summed E-state index contributed by atoms with van der Waals surface area (Å²) in [5.74, 6) is 0.434. The summed E-state index contributed by atoms with van der Waals surface area (Å²) in [6.45, 7) is 4.05. The molecule has 124 valence electrons. The number of rotatable bonds is 7. The van der Waals surface area contributed by atoms with Gasteiger partial charge in [-0.25, -0.2) is 4.98 Å². The summed E-state index contributed by atoms with van der Waals surface area (Å²) in [5, 5.41) is 0. The van der Waals surface area contributed by atoms with E-state index in [4.69, 9.17) is 4.74 Å². The Labute approximate surface area is 141 Å². The molecule has 0 spiro atoms. The summed E-state index contributed by atoms with van der Waals surface area (Å²) in [5.41, 5.74) is 1.84. The quantitative estimate of drug-likeness (QED) is 0.671. The van der Waals surface area contributed by atoms with E-state index >= 15 is 0 Å². The normalized spacial score (nSPS) is 10.7. The van der Waals surface area contributed by atoms with Crippen LogP contribution in [0, 0.1) is 6.92 Å². The van der Waals surface area contributed by atoms with Gasteiger partial charge in [-0.1, -0.05) is 30.3 Å². The van der Waals surface area contributed by atoms with E-state index < -0.39 is 0 Å². The molecule has 5 heteroatoms. The Balaban J connectivity index is 1.66. The van der Waals surface area contributed by atoms with Crippen LogP contribution in [0.4, 0.5) is 0 Å². The average molecular weight is 323 g/mol. The Morgan fingerprint density at radius 1 is 1.08 bits per heavy atom. The molecule has 3 rings (SSSR count). The van der Waals surface area contributed by atoms with Gasteiger partial charge in [0, 0.05) is 37.7 Å². The van der Waals surface area contributed by atoms with Gasteiger partial charge >= 0.3 is 0 Å². The van der Waals surface area contributed by atoms with E-state index in [9.17, 15) is 4.79 Å². The number of pyridine rings is 1. The lowest BCUT2D eigenvalue weighted by atomic mass is 10.2. The van der Waals surface area contributed by atoms with Crippen LogP contribution in [0.1, 0.15) is 17.7 Å². The summed E-state index contributed by atoms with van der Waals surface area (Å²) >= 11 is 0. The maximum absolute atomic E-state index is 12.1. The van der Waals surface area contributed by atoms with Crippen molar-refractivity contribution in [2.24, 2.45) is 0 Å². The molecule has 24 heavy (non-hydrogen) atoms. The Bertz CT molecular complexity index is 824. The van der Waals surface area contributed by atoms with E-state index in [1.54, 1.807) is 12.3 Å². The van der Waals surface area contributed by atoms with Crippen molar-refractivity contribution in [2.45, 2.75) is 33.0 Å². The summed E-state index contributed by atoms with van der Waals surface area (Å²) < 4.78 is 9.91. The molecule has 0 atom stereocenters. The third kappa shape index (κ3) is 3.93. The summed E-state index contributed by atoms with van der Waals surface area (Å²) in [7, 11) is 0. The van der Waals surface area contributed by atoms with E-state index in [1.807, 2.05) is 60.5 Å². The zero-order valence-corrected chi connectivity index (χ0v) is 13.8. The first-order valence-electron chi connectivity index (χ1n) is 8.06. The van der Waals surface area contributed by atoms with Crippen molar-refractivity contribution in [3.63, 3.8) is 0 Å². The van der Waals surface area contributed by atoms with Crippen LogP contribution in [0.5, 0.6) is 5.75 Å². The smallest absolute Gasteiger partial charge is 0.223 e. The second-order valence-electron chi connectivity index (χ2n) is 5.72. The molecule has 0 aliphatic carbocycles. The van der Waals surface area contributed by atoms with Crippen molar-refractivity contribution >= 4 is 0 Å². The van der Waals surface area contributed by atoms with E-state index in [1.165, 1.54) is 0 Å². The topological polar surface area (TPSA) is 49.0 Å². The van der Waals surface area contributed by atoms with Crippen LogP contribution in [0.3, 0.4) is 0 Å². The molecule has 0 saturated heterocycles. The Morgan fingerprint density at radius 3 is 2.67 bits per heavy atom. The first-order chi connectivity index (χ1) is 11.7. The zero-order valence-electron chi connectivity index (χ0n) is 13.8. The van der Waals surface area contributed by atoms with Crippen molar-refractivity contribution in [1.29, 1.82) is 0 Å². The highest BCUT2D eigenvalue weighted by atomic mass is 16.5. The fourth-order valence-corrected chi connectivity index (χ4v) is 2.64. The van der Waals surface area contributed by atoms with E-state index in [0.29, 0.717) is 12.4 Å². The number of imidazole rings is 1. The molecule has 0 bridgehead atoms. The molecule has 1 aromatic carbocycles. The number of hydrogen-bond acceptors (Lipinski definition) is 3. The van der Waals surface area contributed by atoms with Crippen molar-refractivity contribution in [2.75, 3.05) is 0 Å². The van der Waals surface area contributed by atoms with Gasteiger partial charge in [0.25, 0.3) is 0 Å². The number of hydrogen-bond donors (Lipinski definition) is 0. The lowest BCUT2D eigenvalue weighted by molar-refractivity contribution is 0.296. The molecule has 2 aromatic heterocycles. The molecule has 2 heterocycles. The summed E-state index contributed by atoms with van der Waals surface area (Å²) in [6, 6.07) is 11.4. The zero-order chi connectivity index (χ0) is 16.8. The molecule has 5 nitrogen and oxygen atoms in total. The molecule has 0 N–H and O–H groups in total. The predicted molar refractivity (Wildman–Crippen MR) is 93.1 cm³/mol. The third-order valence-corrected chi connectivity index (χ3v) is 3.99. The predicted octanol–water partition coefficient (Wildman–Crippen LogP) is 3.02. The summed E-state index contributed by atoms with van der Waals surface area (Å²) in [4.78, 5) is 16.2. The molecule has 0 fully saturated rings. The Kier molecular flexibility index (Phi) is 5.11. The lowest BCUT2D eigenvalue weighted by Gasteiger charge is -2.15. The van der Waals surface area contributed by atoms with Crippen molar-refractivity contribution in [1.82, 2.24) is 14.1 Å². The van der Waals surface area contributed by atoms with Crippen LogP contribution in [-0.2, 0) is 19.7 Å². The van der Waals surface area contributed by atoms with Crippen LogP contribution < -0.4 is 10.2 Å².